The van der Waals surface area contributed by atoms with Gasteiger partial charge >= 0.3 is 0 Å². The molecule has 1 N–H and O–H groups in total. The molecule has 2 heterocycles. The minimum absolute atomic E-state index is 0. The molecule has 0 unspecified atom stereocenters. The highest BCUT2D eigenvalue weighted by atomic mass is 35.5. The number of para-hydroxylation sites is 1. The summed E-state index contributed by atoms with van der Waals surface area (Å²) in [6.45, 7) is 3.37. The Bertz CT molecular complexity index is 701. The number of rotatable bonds is 5. The number of likely N-dealkylation sites (N-methyl/N-ethyl adjacent to an activating group) is 1. The van der Waals surface area contributed by atoms with Gasteiger partial charge in [-0.2, -0.15) is 0 Å². The van der Waals surface area contributed by atoms with Gasteiger partial charge in [-0.15, -0.1) is 12.4 Å². The van der Waals surface area contributed by atoms with Gasteiger partial charge in [0.2, 0.25) is 5.91 Å². The van der Waals surface area contributed by atoms with Crippen LogP contribution in [0.3, 0.4) is 0 Å². The van der Waals surface area contributed by atoms with Crippen LogP contribution in [0.2, 0.25) is 0 Å². The van der Waals surface area contributed by atoms with E-state index in [0.717, 1.165) is 41.7 Å². The maximum atomic E-state index is 12.6. The van der Waals surface area contributed by atoms with Gasteiger partial charge in [0.15, 0.2) is 0 Å². The van der Waals surface area contributed by atoms with Crippen molar-refractivity contribution in [2.24, 2.45) is 0 Å². The maximum absolute atomic E-state index is 12.6. The monoisotopic (exact) mass is 352 g/mol. The molecule has 1 saturated heterocycles. The van der Waals surface area contributed by atoms with Crippen molar-refractivity contribution in [1.29, 1.82) is 0 Å². The molecule has 3 rings (SSSR count). The lowest BCUT2D eigenvalue weighted by atomic mass is 10.1. The fourth-order valence-corrected chi connectivity index (χ4v) is 3.26. The van der Waals surface area contributed by atoms with Gasteiger partial charge in [0.25, 0.3) is 0 Å². The zero-order valence-electron chi connectivity index (χ0n) is 14.4. The Morgan fingerprint density at radius 2 is 2.17 bits per heavy atom. The minimum Gasteiger partial charge on any atom is -0.461 e. The van der Waals surface area contributed by atoms with Crippen molar-refractivity contribution in [3.63, 3.8) is 0 Å². The third-order valence-electron chi connectivity index (χ3n) is 4.60. The number of benzene rings is 1. The van der Waals surface area contributed by atoms with Crippen LogP contribution in [0.4, 0.5) is 0 Å². The fraction of sp³-hybridized carbons (Fsp3) is 0.500. The van der Waals surface area contributed by atoms with Crippen LogP contribution in [0.25, 0.3) is 11.0 Å². The van der Waals surface area contributed by atoms with Gasteiger partial charge in [0.05, 0.1) is 12.1 Å². The number of furan rings is 1. The van der Waals surface area contributed by atoms with Gasteiger partial charge in [0.1, 0.15) is 11.3 Å². The lowest BCUT2D eigenvalue weighted by Crippen LogP contribution is -2.41. The largest absolute Gasteiger partial charge is 0.461 e. The summed E-state index contributed by atoms with van der Waals surface area (Å²) in [5.41, 5.74) is 2.00. The maximum Gasteiger partial charge on any atom is 0.239 e. The molecule has 0 aliphatic carbocycles. The van der Waals surface area contributed by atoms with Crippen LogP contribution >= 0.6 is 12.4 Å². The van der Waals surface area contributed by atoms with Crippen molar-refractivity contribution in [2.45, 2.75) is 38.5 Å². The van der Waals surface area contributed by atoms with Crippen molar-refractivity contribution in [3.05, 3.63) is 35.6 Å². The number of halogens is 1. The summed E-state index contributed by atoms with van der Waals surface area (Å²) in [6.07, 6.45) is 1.67. The van der Waals surface area contributed by atoms with E-state index >= 15 is 0 Å². The van der Waals surface area contributed by atoms with Crippen LogP contribution in [-0.4, -0.2) is 43.7 Å². The van der Waals surface area contributed by atoms with E-state index in [0.29, 0.717) is 6.54 Å². The quantitative estimate of drug-likeness (QED) is 0.899. The first-order valence-electron chi connectivity index (χ1n) is 8.14. The number of amides is 1. The Labute approximate surface area is 148 Å². The van der Waals surface area contributed by atoms with Crippen molar-refractivity contribution in [1.82, 2.24) is 10.2 Å². The van der Waals surface area contributed by atoms with Gasteiger partial charge in [-0.3, -0.25) is 4.79 Å². The molecule has 2 aromatic rings. The zero-order valence-corrected chi connectivity index (χ0v) is 15.2. The van der Waals surface area contributed by atoms with Crippen molar-refractivity contribution in [3.8, 4) is 0 Å². The van der Waals surface area contributed by atoms with Crippen LogP contribution in [-0.2, 0) is 22.5 Å². The van der Waals surface area contributed by atoms with E-state index in [-0.39, 0.29) is 30.5 Å². The van der Waals surface area contributed by atoms with Crippen LogP contribution in [0.5, 0.6) is 0 Å². The van der Waals surface area contributed by atoms with E-state index in [9.17, 15) is 4.79 Å². The van der Waals surface area contributed by atoms with E-state index in [1.807, 2.05) is 25.2 Å². The van der Waals surface area contributed by atoms with E-state index in [1.54, 1.807) is 12.0 Å². The second-order valence-electron chi connectivity index (χ2n) is 6.10. The molecule has 0 bridgehead atoms. The number of ether oxygens (including phenoxy) is 1. The fourth-order valence-electron chi connectivity index (χ4n) is 3.26. The molecule has 2 atom stereocenters. The molecule has 1 aliphatic heterocycles. The molecule has 1 fully saturated rings. The van der Waals surface area contributed by atoms with Gasteiger partial charge in [-0.25, -0.2) is 0 Å². The predicted octanol–water partition coefficient (Wildman–Crippen LogP) is 2.75. The summed E-state index contributed by atoms with van der Waals surface area (Å²) in [5.74, 6) is 1.07. The normalized spacial score (nSPS) is 20.1. The predicted molar refractivity (Wildman–Crippen MR) is 96.5 cm³/mol. The molecular formula is C18H25ClN2O3. The van der Waals surface area contributed by atoms with Crippen molar-refractivity contribution < 1.29 is 13.9 Å². The molecule has 1 aliphatic rings. The van der Waals surface area contributed by atoms with Crippen LogP contribution in [0, 0.1) is 0 Å². The summed E-state index contributed by atoms with van der Waals surface area (Å²) in [4.78, 5) is 14.4. The smallest absolute Gasteiger partial charge is 0.239 e. The lowest BCUT2D eigenvalue weighted by molar-refractivity contribution is -0.132. The third kappa shape index (κ3) is 3.58. The third-order valence-corrected chi connectivity index (χ3v) is 4.60. The SMILES string of the molecule is CCc1oc2ccccc2c1CN(C)C(=O)[C@@H]1C[C@H](OC)CN1.Cl. The number of fused-ring (bicyclic) bond motifs is 1. The molecule has 1 aromatic heterocycles. The number of hydrogen-bond acceptors (Lipinski definition) is 4. The van der Waals surface area contributed by atoms with E-state index in [2.05, 4.69) is 18.3 Å². The number of aryl methyl sites for hydroxylation is 1. The van der Waals surface area contributed by atoms with Gasteiger partial charge < -0.3 is 19.4 Å². The van der Waals surface area contributed by atoms with Gasteiger partial charge in [-0.1, -0.05) is 25.1 Å². The first kappa shape index (κ1) is 18.8. The second-order valence-corrected chi connectivity index (χ2v) is 6.10. The Morgan fingerprint density at radius 1 is 1.42 bits per heavy atom. The van der Waals surface area contributed by atoms with Crippen LogP contribution in [0.1, 0.15) is 24.7 Å². The minimum atomic E-state index is -0.159. The zero-order chi connectivity index (χ0) is 16.4. The Kier molecular flexibility index (Phi) is 6.27. The number of carbonyl (C=O) groups is 1. The van der Waals surface area contributed by atoms with Crippen molar-refractivity contribution in [2.75, 3.05) is 20.7 Å². The van der Waals surface area contributed by atoms with Crippen molar-refractivity contribution >= 4 is 29.3 Å². The number of nitrogens with zero attached hydrogens (tertiary/aromatic N) is 1. The summed E-state index contributed by atoms with van der Waals surface area (Å²) in [7, 11) is 3.54. The number of carbonyl (C=O) groups excluding carboxylic acids is 1. The molecule has 1 amide bonds. The molecule has 0 spiro atoms. The topological polar surface area (TPSA) is 54.7 Å². The average molecular weight is 353 g/mol. The summed E-state index contributed by atoms with van der Waals surface area (Å²) >= 11 is 0. The second kappa shape index (κ2) is 8.01. The highest BCUT2D eigenvalue weighted by Gasteiger charge is 2.31. The number of nitrogens with one attached hydrogen (secondary N) is 1. The van der Waals surface area contributed by atoms with E-state index in [1.165, 1.54) is 0 Å². The average Bonchev–Trinajstić information content (AvgIpc) is 3.19. The number of hydrogen-bond donors (Lipinski definition) is 1. The van der Waals surface area contributed by atoms with Crippen LogP contribution in [0.15, 0.2) is 28.7 Å². The van der Waals surface area contributed by atoms with E-state index in [4.69, 9.17) is 9.15 Å². The molecule has 24 heavy (non-hydrogen) atoms. The summed E-state index contributed by atoms with van der Waals surface area (Å²) in [5, 5.41) is 4.34. The summed E-state index contributed by atoms with van der Waals surface area (Å²) < 4.78 is 11.2. The molecule has 1 aromatic carbocycles. The molecule has 6 heteroatoms. The van der Waals surface area contributed by atoms with Crippen LogP contribution < -0.4 is 5.32 Å². The van der Waals surface area contributed by atoms with Gasteiger partial charge in [0, 0.05) is 44.6 Å². The standard InChI is InChI=1S/C18H24N2O3.ClH/c1-4-16-14(13-7-5-6-8-17(13)23-16)11-20(2)18(21)15-9-12(22-3)10-19-15;/h5-8,12,15,19H,4,9-11H2,1-3H3;1H/t12-,15-;/m0./s1. The summed E-state index contributed by atoms with van der Waals surface area (Å²) in [6, 6.07) is 7.84. The highest BCUT2D eigenvalue weighted by molar-refractivity contribution is 5.85. The molecule has 132 valence electrons. The van der Waals surface area contributed by atoms with E-state index < -0.39 is 0 Å². The highest BCUT2D eigenvalue weighted by Crippen LogP contribution is 2.27. The Balaban J connectivity index is 0.00000208. The molecule has 0 saturated carbocycles. The first-order chi connectivity index (χ1) is 11.1. The number of methoxy groups -OCH3 is 1. The molecule has 5 nitrogen and oxygen atoms in total. The Morgan fingerprint density at radius 3 is 2.83 bits per heavy atom. The molecule has 0 radical (unpaired) electrons. The Hall–Kier alpha value is -1.56. The molecular weight excluding hydrogens is 328 g/mol. The first-order valence-corrected chi connectivity index (χ1v) is 8.14. The van der Waals surface area contributed by atoms with Gasteiger partial charge in [-0.05, 0) is 12.5 Å². The lowest BCUT2D eigenvalue weighted by Gasteiger charge is -2.21.